The molecule has 0 saturated carbocycles. The predicted octanol–water partition coefficient (Wildman–Crippen LogP) is 2.30. The number of anilines is 1. The van der Waals surface area contributed by atoms with Crippen LogP contribution in [0.1, 0.15) is 27.3 Å². The van der Waals surface area contributed by atoms with Crippen LogP contribution in [-0.2, 0) is 0 Å². The average Bonchev–Trinajstić information content (AvgIpc) is 2.86. The highest BCUT2D eigenvalue weighted by Crippen LogP contribution is 2.19. The molecule has 0 unspecified atom stereocenters. The van der Waals surface area contributed by atoms with Crippen molar-refractivity contribution in [2.75, 3.05) is 31.1 Å². The van der Waals surface area contributed by atoms with E-state index in [-0.39, 0.29) is 5.91 Å². The van der Waals surface area contributed by atoms with Gasteiger partial charge >= 0.3 is 0 Å². The van der Waals surface area contributed by atoms with Crippen molar-refractivity contribution in [1.82, 2.24) is 15.1 Å². The van der Waals surface area contributed by atoms with Gasteiger partial charge in [-0.15, -0.1) is 0 Å². The molecule has 1 aliphatic rings. The molecule has 3 rings (SSSR count). The smallest absolute Gasteiger partial charge is 0.274 e. The number of amides is 1. The van der Waals surface area contributed by atoms with Gasteiger partial charge in [0.15, 0.2) is 5.69 Å². The number of aromatic nitrogens is 2. The molecule has 0 radical (unpaired) electrons. The van der Waals surface area contributed by atoms with E-state index >= 15 is 0 Å². The summed E-state index contributed by atoms with van der Waals surface area (Å²) >= 11 is 0. The molecule has 116 valence electrons. The summed E-state index contributed by atoms with van der Waals surface area (Å²) in [5, 5.41) is 7.04. The first kappa shape index (κ1) is 14.6. The summed E-state index contributed by atoms with van der Waals surface area (Å²) in [6.07, 6.45) is 0. The zero-order chi connectivity index (χ0) is 15.7. The Hall–Kier alpha value is -2.30. The molecule has 0 spiro atoms. The van der Waals surface area contributed by atoms with E-state index in [9.17, 15) is 4.79 Å². The van der Waals surface area contributed by atoms with Gasteiger partial charge in [0.05, 0.1) is 0 Å². The molecular formula is C17H22N4O. The van der Waals surface area contributed by atoms with Crippen LogP contribution < -0.4 is 4.90 Å². The third-order valence-electron chi connectivity index (χ3n) is 4.39. The van der Waals surface area contributed by atoms with Crippen molar-refractivity contribution in [3.8, 4) is 0 Å². The molecule has 1 aromatic carbocycles. The summed E-state index contributed by atoms with van der Waals surface area (Å²) in [4.78, 5) is 16.8. The summed E-state index contributed by atoms with van der Waals surface area (Å²) in [5.41, 5.74) is 4.96. The molecule has 0 aliphatic carbocycles. The number of carbonyl (C=O) groups excluding carboxylic acids is 1. The molecule has 22 heavy (non-hydrogen) atoms. The lowest BCUT2D eigenvalue weighted by Crippen LogP contribution is -2.49. The Kier molecular flexibility index (Phi) is 3.88. The quantitative estimate of drug-likeness (QED) is 0.925. The van der Waals surface area contributed by atoms with Crippen molar-refractivity contribution in [3.05, 3.63) is 46.8 Å². The van der Waals surface area contributed by atoms with Gasteiger partial charge in [0.1, 0.15) is 0 Å². The Balaban J connectivity index is 1.67. The lowest BCUT2D eigenvalue weighted by atomic mass is 10.1. The SMILES string of the molecule is Cc1cccc(N2CCN(C(=O)c3n[nH]c(C)c3C)CC2)c1. The Morgan fingerprint density at radius 2 is 1.86 bits per heavy atom. The Bertz CT molecular complexity index is 684. The van der Waals surface area contributed by atoms with Crippen LogP contribution in [0.3, 0.4) is 0 Å². The number of piperazine rings is 1. The predicted molar refractivity (Wildman–Crippen MR) is 87.4 cm³/mol. The van der Waals surface area contributed by atoms with E-state index in [1.807, 2.05) is 18.7 Å². The van der Waals surface area contributed by atoms with Crippen LogP contribution in [0.5, 0.6) is 0 Å². The highest BCUT2D eigenvalue weighted by atomic mass is 16.2. The normalized spacial score (nSPS) is 15.2. The maximum atomic E-state index is 12.6. The van der Waals surface area contributed by atoms with Crippen LogP contribution in [0.4, 0.5) is 5.69 Å². The maximum absolute atomic E-state index is 12.6. The van der Waals surface area contributed by atoms with Crippen LogP contribution in [0, 0.1) is 20.8 Å². The zero-order valence-corrected chi connectivity index (χ0v) is 13.4. The van der Waals surface area contributed by atoms with Crippen molar-refractivity contribution in [1.29, 1.82) is 0 Å². The molecule has 2 aromatic rings. The molecule has 5 heteroatoms. The summed E-state index contributed by atoms with van der Waals surface area (Å²) < 4.78 is 0. The Labute approximate surface area is 130 Å². The summed E-state index contributed by atoms with van der Waals surface area (Å²) in [6.45, 7) is 9.17. The average molecular weight is 298 g/mol. The molecule has 1 fully saturated rings. The van der Waals surface area contributed by atoms with E-state index in [1.165, 1.54) is 11.3 Å². The van der Waals surface area contributed by atoms with E-state index in [1.54, 1.807) is 0 Å². The minimum atomic E-state index is 0.0331. The maximum Gasteiger partial charge on any atom is 0.274 e. The molecule has 1 saturated heterocycles. The second kappa shape index (κ2) is 5.83. The van der Waals surface area contributed by atoms with E-state index in [4.69, 9.17) is 0 Å². The number of aryl methyl sites for hydroxylation is 2. The van der Waals surface area contributed by atoms with Gasteiger partial charge in [0, 0.05) is 43.1 Å². The zero-order valence-electron chi connectivity index (χ0n) is 13.4. The van der Waals surface area contributed by atoms with Crippen molar-refractivity contribution in [2.45, 2.75) is 20.8 Å². The van der Waals surface area contributed by atoms with Gasteiger partial charge in [-0.1, -0.05) is 12.1 Å². The minimum absolute atomic E-state index is 0.0331. The number of aromatic amines is 1. The molecule has 1 aromatic heterocycles. The molecule has 1 amide bonds. The number of nitrogens with one attached hydrogen (secondary N) is 1. The molecule has 2 heterocycles. The van der Waals surface area contributed by atoms with Crippen LogP contribution in [0.15, 0.2) is 24.3 Å². The van der Waals surface area contributed by atoms with Gasteiger partial charge in [-0.3, -0.25) is 9.89 Å². The summed E-state index contributed by atoms with van der Waals surface area (Å²) in [5.74, 6) is 0.0331. The van der Waals surface area contributed by atoms with Crippen LogP contribution in [0.25, 0.3) is 0 Å². The van der Waals surface area contributed by atoms with Gasteiger partial charge in [-0.25, -0.2) is 0 Å². The molecule has 0 atom stereocenters. The monoisotopic (exact) mass is 298 g/mol. The molecular weight excluding hydrogens is 276 g/mol. The first-order chi connectivity index (χ1) is 10.6. The van der Waals surface area contributed by atoms with Crippen molar-refractivity contribution < 1.29 is 4.79 Å². The van der Waals surface area contributed by atoms with Crippen molar-refractivity contribution >= 4 is 11.6 Å². The number of hydrogen-bond donors (Lipinski definition) is 1. The summed E-state index contributed by atoms with van der Waals surface area (Å²) in [7, 11) is 0. The van der Waals surface area contributed by atoms with Gasteiger partial charge in [-0.2, -0.15) is 5.10 Å². The topological polar surface area (TPSA) is 52.2 Å². The highest BCUT2D eigenvalue weighted by molar-refractivity contribution is 5.94. The number of carbonyl (C=O) groups is 1. The molecule has 0 bridgehead atoms. The largest absolute Gasteiger partial charge is 0.368 e. The van der Waals surface area contributed by atoms with Gasteiger partial charge < -0.3 is 9.80 Å². The van der Waals surface area contributed by atoms with E-state index in [0.29, 0.717) is 5.69 Å². The lowest BCUT2D eigenvalue weighted by molar-refractivity contribution is 0.0740. The van der Waals surface area contributed by atoms with Crippen molar-refractivity contribution in [2.24, 2.45) is 0 Å². The number of nitrogens with zero attached hydrogens (tertiary/aromatic N) is 3. The lowest BCUT2D eigenvalue weighted by Gasteiger charge is -2.36. The fourth-order valence-electron chi connectivity index (χ4n) is 2.84. The Morgan fingerprint density at radius 1 is 1.14 bits per heavy atom. The molecule has 5 nitrogen and oxygen atoms in total. The third-order valence-corrected chi connectivity index (χ3v) is 4.39. The van der Waals surface area contributed by atoms with Gasteiger partial charge in [0.25, 0.3) is 5.91 Å². The molecule has 1 N–H and O–H groups in total. The van der Waals surface area contributed by atoms with Crippen molar-refractivity contribution in [3.63, 3.8) is 0 Å². The number of H-pyrrole nitrogens is 1. The van der Waals surface area contributed by atoms with Gasteiger partial charge in [-0.05, 0) is 38.5 Å². The van der Waals surface area contributed by atoms with E-state index in [2.05, 4.69) is 46.3 Å². The number of rotatable bonds is 2. The molecule has 1 aliphatic heterocycles. The third kappa shape index (κ3) is 2.71. The fraction of sp³-hybridized carbons (Fsp3) is 0.412. The first-order valence-corrected chi connectivity index (χ1v) is 7.68. The standard InChI is InChI=1S/C17H22N4O/c1-12-5-4-6-15(11-12)20-7-9-21(10-8-20)17(22)16-13(2)14(3)18-19-16/h4-6,11H,7-10H2,1-3H3,(H,18,19). The van der Waals surface area contributed by atoms with Crippen LogP contribution >= 0.6 is 0 Å². The van der Waals surface area contributed by atoms with Gasteiger partial charge in [0.2, 0.25) is 0 Å². The van der Waals surface area contributed by atoms with Crippen LogP contribution in [-0.4, -0.2) is 47.2 Å². The first-order valence-electron chi connectivity index (χ1n) is 7.68. The summed E-state index contributed by atoms with van der Waals surface area (Å²) in [6, 6.07) is 8.51. The second-order valence-electron chi connectivity index (χ2n) is 5.94. The highest BCUT2D eigenvalue weighted by Gasteiger charge is 2.25. The fourth-order valence-corrected chi connectivity index (χ4v) is 2.84. The van der Waals surface area contributed by atoms with E-state index in [0.717, 1.165) is 37.4 Å². The number of benzene rings is 1. The minimum Gasteiger partial charge on any atom is -0.368 e. The Morgan fingerprint density at radius 3 is 2.45 bits per heavy atom. The second-order valence-corrected chi connectivity index (χ2v) is 5.94. The number of hydrogen-bond acceptors (Lipinski definition) is 3. The van der Waals surface area contributed by atoms with Crippen LogP contribution in [0.2, 0.25) is 0 Å². The van der Waals surface area contributed by atoms with E-state index < -0.39 is 0 Å².